The highest BCUT2D eigenvalue weighted by molar-refractivity contribution is 14.0. The van der Waals surface area contributed by atoms with Gasteiger partial charge in [-0.1, -0.05) is 32.9 Å². The third-order valence-electron chi connectivity index (χ3n) is 3.62. The van der Waals surface area contributed by atoms with Crippen LogP contribution in [0.15, 0.2) is 29.3 Å². The van der Waals surface area contributed by atoms with Gasteiger partial charge in [0.15, 0.2) is 5.96 Å². The van der Waals surface area contributed by atoms with Gasteiger partial charge in [-0.2, -0.15) is 0 Å². The molecule has 1 aliphatic rings. The molecule has 22 heavy (non-hydrogen) atoms. The van der Waals surface area contributed by atoms with Crippen LogP contribution >= 0.6 is 24.0 Å². The van der Waals surface area contributed by atoms with Crippen molar-refractivity contribution in [2.75, 3.05) is 13.7 Å². The van der Waals surface area contributed by atoms with Crippen molar-refractivity contribution in [1.82, 2.24) is 10.6 Å². The van der Waals surface area contributed by atoms with Gasteiger partial charge in [0.1, 0.15) is 5.75 Å². The van der Waals surface area contributed by atoms with Crippen molar-refractivity contribution in [3.05, 3.63) is 29.8 Å². The summed E-state index contributed by atoms with van der Waals surface area (Å²) < 4.78 is 5.69. The molecule has 2 N–H and O–H groups in total. The quantitative estimate of drug-likeness (QED) is 0.424. The Kier molecular flexibility index (Phi) is 8.00. The predicted molar refractivity (Wildman–Crippen MR) is 103 cm³/mol. The predicted octanol–water partition coefficient (Wildman–Crippen LogP) is 3.41. The van der Waals surface area contributed by atoms with Crippen LogP contribution in [0, 0.1) is 11.8 Å². The van der Waals surface area contributed by atoms with Crippen molar-refractivity contribution in [1.29, 1.82) is 0 Å². The molecule has 0 bridgehead atoms. The number of hydrogen-bond donors (Lipinski definition) is 2. The van der Waals surface area contributed by atoms with Gasteiger partial charge in [0.05, 0.1) is 6.61 Å². The summed E-state index contributed by atoms with van der Waals surface area (Å²) in [7, 11) is 1.81. The molecule has 4 nitrogen and oxygen atoms in total. The molecule has 1 fully saturated rings. The first kappa shape index (κ1) is 19.1. The van der Waals surface area contributed by atoms with E-state index >= 15 is 0 Å². The summed E-state index contributed by atoms with van der Waals surface area (Å²) in [6.45, 7) is 8.08. The molecule has 0 radical (unpaired) electrons. The van der Waals surface area contributed by atoms with Gasteiger partial charge in [-0.25, -0.2) is 0 Å². The van der Waals surface area contributed by atoms with Crippen LogP contribution < -0.4 is 15.4 Å². The lowest BCUT2D eigenvalue weighted by atomic mass is 10.2. The van der Waals surface area contributed by atoms with Gasteiger partial charge in [0, 0.05) is 19.6 Å². The third-order valence-corrected chi connectivity index (χ3v) is 3.62. The number of hydrogen-bond acceptors (Lipinski definition) is 2. The minimum absolute atomic E-state index is 0. The monoisotopic (exact) mass is 417 g/mol. The van der Waals surface area contributed by atoms with Crippen LogP contribution in [0.3, 0.4) is 0 Å². The summed E-state index contributed by atoms with van der Waals surface area (Å²) >= 11 is 0. The minimum atomic E-state index is 0. The Balaban J connectivity index is 0.00000242. The molecule has 2 rings (SSSR count). The van der Waals surface area contributed by atoms with Crippen LogP contribution in [0.2, 0.25) is 0 Å². The molecule has 5 heteroatoms. The fraction of sp³-hybridized carbons (Fsp3) is 0.588. The van der Waals surface area contributed by atoms with E-state index in [1.165, 1.54) is 12.0 Å². The average molecular weight is 417 g/mol. The summed E-state index contributed by atoms with van der Waals surface area (Å²) in [6, 6.07) is 8.82. The Bertz CT molecular complexity index is 473. The third kappa shape index (κ3) is 6.42. The zero-order valence-corrected chi connectivity index (χ0v) is 16.3. The van der Waals surface area contributed by atoms with Crippen molar-refractivity contribution in [2.45, 2.75) is 39.8 Å². The number of benzene rings is 1. The number of halogens is 1. The van der Waals surface area contributed by atoms with Gasteiger partial charge in [0.25, 0.3) is 0 Å². The van der Waals surface area contributed by atoms with Crippen molar-refractivity contribution in [3.63, 3.8) is 0 Å². The average Bonchev–Trinajstić information content (AvgIpc) is 3.17. The van der Waals surface area contributed by atoms with E-state index in [0.717, 1.165) is 30.8 Å². The molecule has 1 aromatic carbocycles. The van der Waals surface area contributed by atoms with Crippen molar-refractivity contribution in [3.8, 4) is 5.75 Å². The minimum Gasteiger partial charge on any atom is -0.493 e. The molecule has 1 aromatic rings. The van der Waals surface area contributed by atoms with E-state index in [0.29, 0.717) is 12.0 Å². The van der Waals surface area contributed by atoms with Gasteiger partial charge >= 0.3 is 0 Å². The van der Waals surface area contributed by atoms with Crippen LogP contribution in [-0.2, 0) is 6.54 Å². The van der Waals surface area contributed by atoms with Gasteiger partial charge in [0.2, 0.25) is 0 Å². The highest BCUT2D eigenvalue weighted by Gasteiger charge is 2.33. The second-order valence-electron chi connectivity index (χ2n) is 6.24. The van der Waals surface area contributed by atoms with Crippen LogP contribution in [0.4, 0.5) is 0 Å². The van der Waals surface area contributed by atoms with Gasteiger partial charge in [-0.3, -0.25) is 4.99 Å². The summed E-state index contributed by atoms with van der Waals surface area (Å²) in [4.78, 5) is 4.25. The molecule has 0 aliphatic heterocycles. The molecule has 0 spiro atoms. The molecule has 0 saturated heterocycles. The molecular weight excluding hydrogens is 389 g/mol. The fourth-order valence-corrected chi connectivity index (χ4v) is 2.05. The maximum Gasteiger partial charge on any atom is 0.191 e. The Labute approximate surface area is 151 Å². The number of nitrogens with one attached hydrogen (secondary N) is 2. The van der Waals surface area contributed by atoms with Crippen LogP contribution in [0.5, 0.6) is 5.75 Å². The molecule has 1 saturated carbocycles. The number of guanidine groups is 1. The van der Waals surface area contributed by atoms with Crippen molar-refractivity contribution in [2.24, 2.45) is 16.8 Å². The van der Waals surface area contributed by atoms with Crippen molar-refractivity contribution < 1.29 is 4.74 Å². The Morgan fingerprint density at radius 2 is 1.95 bits per heavy atom. The van der Waals surface area contributed by atoms with E-state index in [4.69, 9.17) is 4.74 Å². The smallest absolute Gasteiger partial charge is 0.191 e. The Hall–Kier alpha value is -0.980. The number of ether oxygens (including phenoxy) is 1. The molecule has 0 amide bonds. The molecule has 0 aromatic heterocycles. The Morgan fingerprint density at radius 3 is 2.45 bits per heavy atom. The first-order valence-electron chi connectivity index (χ1n) is 7.77. The second kappa shape index (κ2) is 9.22. The van der Waals surface area contributed by atoms with Gasteiger partial charge in [-0.15, -0.1) is 24.0 Å². The molecule has 1 aliphatic carbocycles. The van der Waals surface area contributed by atoms with Crippen LogP contribution in [0.1, 0.15) is 32.8 Å². The lowest BCUT2D eigenvalue weighted by molar-refractivity contribution is 0.271. The standard InChI is InChI=1S/C17H27N3O.HI/c1-12(2)11-21-15-7-5-14(6-8-15)10-19-17(18-4)20-16-9-13(16)3;/h5-8,12-13,16H,9-11H2,1-4H3,(H2,18,19,20);1H. The SMILES string of the molecule is CN=C(NCc1ccc(OCC(C)C)cc1)NC1CC1C.I. The van der Waals surface area contributed by atoms with Crippen LogP contribution in [-0.4, -0.2) is 25.7 Å². The van der Waals surface area contributed by atoms with E-state index in [2.05, 4.69) is 48.5 Å². The molecule has 2 unspecified atom stereocenters. The van der Waals surface area contributed by atoms with Crippen LogP contribution in [0.25, 0.3) is 0 Å². The molecule has 2 atom stereocenters. The van der Waals surface area contributed by atoms with Gasteiger partial charge < -0.3 is 15.4 Å². The van der Waals surface area contributed by atoms with E-state index in [9.17, 15) is 0 Å². The summed E-state index contributed by atoms with van der Waals surface area (Å²) in [5.41, 5.74) is 1.22. The van der Waals surface area contributed by atoms with E-state index < -0.39 is 0 Å². The largest absolute Gasteiger partial charge is 0.493 e. The fourth-order valence-electron chi connectivity index (χ4n) is 2.05. The van der Waals surface area contributed by atoms with E-state index in [1.54, 1.807) is 0 Å². The number of rotatable bonds is 6. The normalized spacial score (nSPS) is 20.3. The molecule has 0 heterocycles. The topological polar surface area (TPSA) is 45.7 Å². The zero-order valence-electron chi connectivity index (χ0n) is 13.9. The highest BCUT2D eigenvalue weighted by atomic mass is 127. The van der Waals surface area contributed by atoms with Gasteiger partial charge in [-0.05, 0) is 36.0 Å². The maximum atomic E-state index is 5.69. The Morgan fingerprint density at radius 1 is 1.32 bits per heavy atom. The number of nitrogens with zero attached hydrogens (tertiary/aromatic N) is 1. The number of aliphatic imine (C=N–C) groups is 1. The lowest BCUT2D eigenvalue weighted by Gasteiger charge is -2.12. The van der Waals surface area contributed by atoms with E-state index in [1.807, 2.05) is 19.2 Å². The summed E-state index contributed by atoms with van der Waals surface area (Å²) in [5.74, 6) is 3.12. The maximum absolute atomic E-state index is 5.69. The highest BCUT2D eigenvalue weighted by Crippen LogP contribution is 2.28. The molecule has 124 valence electrons. The van der Waals surface area contributed by atoms with E-state index in [-0.39, 0.29) is 24.0 Å². The first-order valence-corrected chi connectivity index (χ1v) is 7.77. The second-order valence-corrected chi connectivity index (χ2v) is 6.24. The summed E-state index contributed by atoms with van der Waals surface area (Å²) in [6.07, 6.45) is 1.24. The molecular formula is C17H28IN3O. The summed E-state index contributed by atoms with van der Waals surface area (Å²) in [5, 5.41) is 6.76. The first-order chi connectivity index (χ1) is 10.1. The van der Waals surface area contributed by atoms with Crippen molar-refractivity contribution >= 4 is 29.9 Å². The zero-order chi connectivity index (χ0) is 15.2. The lowest BCUT2D eigenvalue weighted by Crippen LogP contribution is -2.38.